The van der Waals surface area contributed by atoms with E-state index < -0.39 is 0 Å². The van der Waals surface area contributed by atoms with Gasteiger partial charge in [-0.1, -0.05) is 6.42 Å². The summed E-state index contributed by atoms with van der Waals surface area (Å²) in [5.41, 5.74) is 8.47. The molecule has 2 aliphatic rings. The Balaban J connectivity index is 1.83. The molecule has 92 valence electrons. The molecule has 5 nitrogen and oxygen atoms in total. The van der Waals surface area contributed by atoms with Crippen molar-refractivity contribution in [2.45, 2.75) is 19.3 Å². The van der Waals surface area contributed by atoms with Crippen molar-refractivity contribution in [2.24, 2.45) is 11.1 Å². The van der Waals surface area contributed by atoms with Crippen LogP contribution in [0.2, 0.25) is 0 Å². The second kappa shape index (κ2) is 4.69. The number of carbonyl (C=O) groups excluding carboxylic acids is 1. The van der Waals surface area contributed by atoms with Gasteiger partial charge in [0.1, 0.15) is 0 Å². The van der Waals surface area contributed by atoms with E-state index in [0.29, 0.717) is 6.54 Å². The molecule has 0 bridgehead atoms. The molecule has 1 aliphatic carbocycles. The van der Waals surface area contributed by atoms with E-state index in [4.69, 9.17) is 5.73 Å². The van der Waals surface area contributed by atoms with E-state index in [1.807, 2.05) is 5.01 Å². The molecule has 16 heavy (non-hydrogen) atoms. The van der Waals surface area contributed by atoms with Crippen molar-refractivity contribution in [2.75, 3.05) is 39.8 Å². The highest BCUT2D eigenvalue weighted by molar-refractivity contribution is 5.83. The zero-order chi connectivity index (χ0) is 11.6. The minimum atomic E-state index is -0.261. The first-order valence-electron chi connectivity index (χ1n) is 6.11. The largest absolute Gasteiger partial charge is 0.329 e. The van der Waals surface area contributed by atoms with Gasteiger partial charge < -0.3 is 10.6 Å². The molecule has 0 unspecified atom stereocenters. The number of piperazine rings is 1. The lowest BCUT2D eigenvalue weighted by atomic mass is 9.68. The summed E-state index contributed by atoms with van der Waals surface area (Å²) in [5.74, 6) is 0.130. The number of carbonyl (C=O) groups is 1. The molecule has 0 aromatic carbocycles. The third kappa shape index (κ3) is 2.21. The molecule has 2 fully saturated rings. The quantitative estimate of drug-likeness (QED) is 0.674. The van der Waals surface area contributed by atoms with E-state index in [2.05, 4.69) is 17.4 Å². The minimum Gasteiger partial charge on any atom is -0.329 e. The molecule has 0 aromatic rings. The molecule has 0 spiro atoms. The molecule has 3 N–H and O–H groups in total. The van der Waals surface area contributed by atoms with E-state index in [1.165, 1.54) is 0 Å². The van der Waals surface area contributed by atoms with Crippen LogP contribution < -0.4 is 11.2 Å². The lowest BCUT2D eigenvalue weighted by molar-refractivity contribution is -0.141. The zero-order valence-electron chi connectivity index (χ0n) is 10.0. The Morgan fingerprint density at radius 2 is 1.94 bits per heavy atom. The highest BCUT2D eigenvalue weighted by Gasteiger charge is 2.43. The minimum absolute atomic E-state index is 0.130. The molecule has 0 atom stereocenters. The lowest BCUT2D eigenvalue weighted by Gasteiger charge is -2.41. The van der Waals surface area contributed by atoms with Crippen molar-refractivity contribution in [3.05, 3.63) is 0 Å². The van der Waals surface area contributed by atoms with Gasteiger partial charge in [-0.15, -0.1) is 0 Å². The van der Waals surface area contributed by atoms with Gasteiger partial charge in [0.25, 0.3) is 0 Å². The average molecular weight is 226 g/mol. The third-order valence-corrected chi connectivity index (χ3v) is 3.95. The number of nitrogens with one attached hydrogen (secondary N) is 1. The van der Waals surface area contributed by atoms with Gasteiger partial charge in [0.05, 0.1) is 5.41 Å². The summed E-state index contributed by atoms with van der Waals surface area (Å²) < 4.78 is 0. The van der Waals surface area contributed by atoms with Gasteiger partial charge in [0, 0.05) is 32.7 Å². The summed E-state index contributed by atoms with van der Waals surface area (Å²) in [6.45, 7) is 4.31. The number of nitrogens with zero attached hydrogens (tertiary/aromatic N) is 2. The maximum absolute atomic E-state index is 12.1. The molecule has 2 rings (SSSR count). The highest BCUT2D eigenvalue weighted by Crippen LogP contribution is 2.40. The Labute approximate surface area is 96.9 Å². The van der Waals surface area contributed by atoms with Crippen LogP contribution >= 0.6 is 0 Å². The standard InChI is InChI=1S/C11H22N4O/c1-14-5-7-15(8-6-14)13-10(16)11(9-12)3-2-4-11/h2-9,12H2,1H3,(H,13,16). The average Bonchev–Trinajstić information content (AvgIpc) is 2.21. The Kier molecular flexibility index (Phi) is 3.47. The Bertz CT molecular complexity index is 251. The molecule has 0 radical (unpaired) electrons. The van der Waals surface area contributed by atoms with Crippen molar-refractivity contribution >= 4 is 5.91 Å². The summed E-state index contributed by atoms with van der Waals surface area (Å²) in [7, 11) is 2.10. The predicted octanol–water partition coefficient (Wildman–Crippen LogP) is -0.606. The smallest absolute Gasteiger partial charge is 0.241 e. The second-order valence-electron chi connectivity index (χ2n) is 5.07. The van der Waals surface area contributed by atoms with E-state index >= 15 is 0 Å². The van der Waals surface area contributed by atoms with Crippen LogP contribution in [-0.2, 0) is 4.79 Å². The molecule has 1 amide bonds. The van der Waals surface area contributed by atoms with E-state index in [-0.39, 0.29) is 11.3 Å². The molecule has 5 heteroatoms. The normalized spacial score (nSPS) is 26.1. The molecule has 0 aromatic heterocycles. The molecule has 1 aliphatic heterocycles. The van der Waals surface area contributed by atoms with Crippen LogP contribution in [0.5, 0.6) is 0 Å². The molecule has 1 saturated carbocycles. The van der Waals surface area contributed by atoms with Crippen molar-refractivity contribution in [3.8, 4) is 0 Å². The van der Waals surface area contributed by atoms with Crippen LogP contribution in [0.15, 0.2) is 0 Å². The van der Waals surface area contributed by atoms with Gasteiger partial charge in [0.15, 0.2) is 0 Å². The predicted molar refractivity (Wildman–Crippen MR) is 62.6 cm³/mol. The number of likely N-dealkylation sites (N-methyl/N-ethyl adjacent to an activating group) is 1. The van der Waals surface area contributed by atoms with Crippen LogP contribution in [0.25, 0.3) is 0 Å². The second-order valence-corrected chi connectivity index (χ2v) is 5.07. The first-order valence-corrected chi connectivity index (χ1v) is 6.11. The summed E-state index contributed by atoms with van der Waals surface area (Å²) in [6, 6.07) is 0. The molecular weight excluding hydrogens is 204 g/mol. The van der Waals surface area contributed by atoms with Crippen LogP contribution in [0.4, 0.5) is 0 Å². The fraction of sp³-hybridized carbons (Fsp3) is 0.909. The fourth-order valence-electron chi connectivity index (χ4n) is 2.31. The van der Waals surface area contributed by atoms with Crippen molar-refractivity contribution < 1.29 is 4.79 Å². The summed E-state index contributed by atoms with van der Waals surface area (Å²) in [6.07, 6.45) is 3.03. The Morgan fingerprint density at radius 3 is 2.38 bits per heavy atom. The molecule has 1 heterocycles. The van der Waals surface area contributed by atoms with Gasteiger partial charge >= 0.3 is 0 Å². The Hall–Kier alpha value is -0.650. The van der Waals surface area contributed by atoms with Crippen molar-refractivity contribution in [3.63, 3.8) is 0 Å². The summed E-state index contributed by atoms with van der Waals surface area (Å²) in [5, 5.41) is 2.03. The monoisotopic (exact) mass is 226 g/mol. The van der Waals surface area contributed by atoms with Gasteiger partial charge in [-0.3, -0.25) is 10.2 Å². The van der Waals surface area contributed by atoms with E-state index in [1.54, 1.807) is 0 Å². The number of hydrogen-bond acceptors (Lipinski definition) is 4. The maximum Gasteiger partial charge on any atom is 0.241 e. The third-order valence-electron chi connectivity index (χ3n) is 3.95. The molecular formula is C11H22N4O. The number of nitrogens with two attached hydrogens (primary N) is 1. The molecule has 1 saturated heterocycles. The number of hydrazine groups is 1. The van der Waals surface area contributed by atoms with Crippen molar-refractivity contribution in [1.29, 1.82) is 0 Å². The SMILES string of the molecule is CN1CCN(NC(=O)C2(CN)CCC2)CC1. The number of hydrogen-bond donors (Lipinski definition) is 2. The number of rotatable bonds is 3. The lowest BCUT2D eigenvalue weighted by Crippen LogP contribution is -2.58. The number of amides is 1. The van der Waals surface area contributed by atoms with Crippen molar-refractivity contribution in [1.82, 2.24) is 15.3 Å². The van der Waals surface area contributed by atoms with E-state index in [0.717, 1.165) is 45.4 Å². The fourth-order valence-corrected chi connectivity index (χ4v) is 2.31. The maximum atomic E-state index is 12.1. The summed E-state index contributed by atoms with van der Waals surface area (Å²) in [4.78, 5) is 14.4. The zero-order valence-corrected chi connectivity index (χ0v) is 10.0. The van der Waals surface area contributed by atoms with Crippen LogP contribution in [0, 0.1) is 5.41 Å². The Morgan fingerprint density at radius 1 is 1.31 bits per heavy atom. The van der Waals surface area contributed by atoms with Crippen LogP contribution in [0.3, 0.4) is 0 Å². The topological polar surface area (TPSA) is 61.6 Å². The van der Waals surface area contributed by atoms with E-state index in [9.17, 15) is 4.79 Å². The van der Waals surface area contributed by atoms with Gasteiger partial charge in [-0.25, -0.2) is 5.01 Å². The van der Waals surface area contributed by atoms with Gasteiger partial charge in [0.2, 0.25) is 5.91 Å². The van der Waals surface area contributed by atoms with Crippen LogP contribution in [-0.4, -0.2) is 55.6 Å². The highest BCUT2D eigenvalue weighted by atomic mass is 16.2. The van der Waals surface area contributed by atoms with Gasteiger partial charge in [-0.2, -0.15) is 0 Å². The van der Waals surface area contributed by atoms with Crippen LogP contribution in [0.1, 0.15) is 19.3 Å². The first kappa shape index (κ1) is 11.8. The van der Waals surface area contributed by atoms with Gasteiger partial charge in [-0.05, 0) is 19.9 Å². The first-order chi connectivity index (χ1) is 7.66. The summed E-state index contributed by atoms with van der Waals surface area (Å²) >= 11 is 0.